The molecule has 0 bridgehead atoms. The Labute approximate surface area is 204 Å². The molecule has 0 aliphatic carbocycles. The van der Waals surface area contributed by atoms with Gasteiger partial charge in [-0.05, 0) is 36.8 Å². The monoisotopic (exact) mass is 493 g/mol. The van der Waals surface area contributed by atoms with Crippen molar-refractivity contribution < 1.29 is 13.9 Å². The number of carbonyl (C=O) groups is 1. The Hall–Kier alpha value is -4.58. The smallest absolute Gasteiger partial charge is 0.330 e. The number of hydrogen-bond acceptors (Lipinski definition) is 7. The van der Waals surface area contributed by atoms with Crippen molar-refractivity contribution in [3.05, 3.63) is 98.2 Å². The van der Waals surface area contributed by atoms with Gasteiger partial charge in [-0.1, -0.05) is 35.5 Å². The maximum Gasteiger partial charge on any atom is 0.330 e. The van der Waals surface area contributed by atoms with Crippen LogP contribution in [0.5, 0.6) is 0 Å². The average molecular weight is 493 g/mol. The summed E-state index contributed by atoms with van der Waals surface area (Å²) in [6.45, 7) is 2.13. The third-order valence-corrected chi connectivity index (χ3v) is 5.44. The predicted octanol–water partition coefficient (Wildman–Crippen LogP) is 2.08. The lowest BCUT2D eigenvalue weighted by Gasteiger charge is -2.17. The van der Waals surface area contributed by atoms with E-state index in [1.807, 2.05) is 30.3 Å². The van der Waals surface area contributed by atoms with E-state index in [-0.39, 0.29) is 36.9 Å². The van der Waals surface area contributed by atoms with E-state index in [2.05, 4.69) is 25.9 Å². The van der Waals surface area contributed by atoms with Crippen LogP contribution in [0, 0.1) is 12.7 Å². The van der Waals surface area contributed by atoms with E-state index in [4.69, 9.17) is 4.74 Å². The van der Waals surface area contributed by atoms with E-state index in [1.165, 1.54) is 40.6 Å². The number of carbonyl (C=O) groups excluding carboxylic acids is 1. The van der Waals surface area contributed by atoms with Gasteiger partial charge in [0, 0.05) is 13.7 Å². The third kappa shape index (κ3) is 5.23. The summed E-state index contributed by atoms with van der Waals surface area (Å²) in [6, 6.07) is 14.9. The Morgan fingerprint density at radius 1 is 1.11 bits per heavy atom. The fourth-order valence-electron chi connectivity index (χ4n) is 3.58. The van der Waals surface area contributed by atoms with Crippen molar-refractivity contribution in [2.24, 2.45) is 0 Å². The molecule has 186 valence electrons. The molecule has 2 heterocycles. The molecule has 2 aromatic carbocycles. The second-order valence-corrected chi connectivity index (χ2v) is 7.83. The van der Waals surface area contributed by atoms with Crippen LogP contribution in [0.15, 0.2) is 64.2 Å². The van der Waals surface area contributed by atoms with Gasteiger partial charge in [-0.2, -0.15) is 0 Å². The first kappa shape index (κ1) is 24.5. The number of benzene rings is 2. The van der Waals surface area contributed by atoms with Gasteiger partial charge < -0.3 is 15.4 Å². The Morgan fingerprint density at radius 2 is 1.83 bits per heavy atom. The van der Waals surface area contributed by atoms with Crippen molar-refractivity contribution in [3.8, 4) is 5.69 Å². The summed E-state index contributed by atoms with van der Waals surface area (Å²) in [5.74, 6) is -1.12. The molecule has 0 saturated heterocycles. The number of amides is 1. The molecule has 3 N–H and O–H groups in total. The molecule has 36 heavy (non-hydrogen) atoms. The second kappa shape index (κ2) is 10.8. The summed E-state index contributed by atoms with van der Waals surface area (Å²) in [5.41, 5.74) is 0.371. The standard InChI is InChI=1S/C24H24FN7O4/c1-15-19(29-30-32(15)18-10-8-17(25)9-11-18)22(33)27-21-20(26-14-16-6-4-3-5-7-16)23(34)28-24(35)31(21)12-13-36-2/h3-11,26H,12-14H2,1-2H3,(H,27,33)(H,28,34,35). The number of aromatic nitrogens is 5. The quantitative estimate of drug-likeness (QED) is 0.325. The fourth-order valence-corrected chi connectivity index (χ4v) is 3.58. The summed E-state index contributed by atoms with van der Waals surface area (Å²) in [6.07, 6.45) is 0. The molecular formula is C24H24FN7O4. The van der Waals surface area contributed by atoms with Crippen LogP contribution in [0.25, 0.3) is 5.69 Å². The van der Waals surface area contributed by atoms with Crippen LogP contribution >= 0.6 is 0 Å². The third-order valence-electron chi connectivity index (χ3n) is 5.44. The Morgan fingerprint density at radius 3 is 2.53 bits per heavy atom. The van der Waals surface area contributed by atoms with Gasteiger partial charge in [-0.25, -0.2) is 13.9 Å². The van der Waals surface area contributed by atoms with Gasteiger partial charge in [-0.3, -0.25) is 19.1 Å². The highest BCUT2D eigenvalue weighted by Gasteiger charge is 2.22. The minimum atomic E-state index is -0.704. The first-order valence-electron chi connectivity index (χ1n) is 11.0. The van der Waals surface area contributed by atoms with Crippen molar-refractivity contribution in [1.82, 2.24) is 24.5 Å². The van der Waals surface area contributed by atoms with E-state index in [0.29, 0.717) is 11.4 Å². The molecule has 11 nitrogen and oxygen atoms in total. The Balaban J connectivity index is 1.70. The van der Waals surface area contributed by atoms with E-state index in [9.17, 15) is 18.8 Å². The minimum absolute atomic E-state index is 0.00601. The maximum atomic E-state index is 13.3. The zero-order chi connectivity index (χ0) is 25.7. The zero-order valence-electron chi connectivity index (χ0n) is 19.6. The normalized spacial score (nSPS) is 10.9. The minimum Gasteiger partial charge on any atom is -0.383 e. The SMILES string of the molecule is COCCn1c(NC(=O)c2nnn(-c3ccc(F)cc3)c2C)c(NCc2ccccc2)c(=O)[nH]c1=O. The molecular weight excluding hydrogens is 469 g/mol. The van der Waals surface area contributed by atoms with Crippen molar-refractivity contribution >= 4 is 17.4 Å². The molecule has 0 radical (unpaired) electrons. The molecule has 0 atom stereocenters. The second-order valence-electron chi connectivity index (χ2n) is 7.83. The van der Waals surface area contributed by atoms with E-state index in [0.717, 1.165) is 5.56 Å². The van der Waals surface area contributed by atoms with Crippen LogP contribution in [0.4, 0.5) is 15.9 Å². The number of nitrogens with zero attached hydrogens (tertiary/aromatic N) is 4. The van der Waals surface area contributed by atoms with Gasteiger partial charge in [0.2, 0.25) is 0 Å². The van der Waals surface area contributed by atoms with Crippen molar-refractivity contribution in [1.29, 1.82) is 0 Å². The zero-order valence-corrected chi connectivity index (χ0v) is 19.6. The van der Waals surface area contributed by atoms with Gasteiger partial charge in [0.05, 0.1) is 24.5 Å². The van der Waals surface area contributed by atoms with Crippen molar-refractivity contribution in [3.63, 3.8) is 0 Å². The lowest BCUT2D eigenvalue weighted by molar-refractivity contribution is 0.102. The van der Waals surface area contributed by atoms with Crippen LogP contribution < -0.4 is 21.9 Å². The highest BCUT2D eigenvalue weighted by Crippen LogP contribution is 2.19. The molecule has 0 saturated carbocycles. The maximum absolute atomic E-state index is 13.3. The first-order valence-corrected chi connectivity index (χ1v) is 11.0. The first-order chi connectivity index (χ1) is 17.4. The highest BCUT2D eigenvalue weighted by molar-refractivity contribution is 6.04. The van der Waals surface area contributed by atoms with Crippen LogP contribution in [-0.2, 0) is 17.8 Å². The number of nitrogens with one attached hydrogen (secondary N) is 3. The van der Waals surface area contributed by atoms with Gasteiger partial charge in [0.15, 0.2) is 5.69 Å². The van der Waals surface area contributed by atoms with Gasteiger partial charge in [-0.15, -0.1) is 5.10 Å². The number of halogens is 1. The number of hydrogen-bond donors (Lipinski definition) is 3. The number of aromatic amines is 1. The van der Waals surface area contributed by atoms with Crippen molar-refractivity contribution in [2.45, 2.75) is 20.0 Å². The predicted molar refractivity (Wildman–Crippen MR) is 131 cm³/mol. The van der Waals surface area contributed by atoms with Crippen LogP contribution in [0.2, 0.25) is 0 Å². The molecule has 4 rings (SSSR count). The molecule has 12 heteroatoms. The topological polar surface area (TPSA) is 136 Å². The van der Waals surface area contributed by atoms with Crippen molar-refractivity contribution in [2.75, 3.05) is 24.4 Å². The van der Waals surface area contributed by atoms with Gasteiger partial charge >= 0.3 is 5.69 Å². The van der Waals surface area contributed by atoms with E-state index < -0.39 is 23.0 Å². The molecule has 1 amide bonds. The molecule has 4 aromatic rings. The van der Waals surface area contributed by atoms with Crippen LogP contribution in [0.3, 0.4) is 0 Å². The summed E-state index contributed by atoms with van der Waals surface area (Å²) in [7, 11) is 1.47. The summed E-state index contributed by atoms with van der Waals surface area (Å²) in [5, 5.41) is 13.6. The lowest BCUT2D eigenvalue weighted by Crippen LogP contribution is -2.36. The number of rotatable bonds is 9. The molecule has 0 fully saturated rings. The molecule has 0 unspecified atom stereocenters. The molecule has 0 aliphatic rings. The summed E-state index contributed by atoms with van der Waals surface area (Å²) < 4.78 is 21.0. The van der Waals surface area contributed by atoms with Crippen LogP contribution in [-0.4, -0.2) is 44.2 Å². The van der Waals surface area contributed by atoms with E-state index >= 15 is 0 Å². The molecule has 0 aliphatic heterocycles. The fraction of sp³-hybridized carbons (Fsp3) is 0.208. The van der Waals surface area contributed by atoms with Crippen LogP contribution in [0.1, 0.15) is 21.7 Å². The average Bonchev–Trinajstić information content (AvgIpc) is 3.26. The number of H-pyrrole nitrogens is 1. The van der Waals surface area contributed by atoms with Gasteiger partial charge in [0.25, 0.3) is 11.5 Å². The molecule has 0 spiro atoms. The summed E-state index contributed by atoms with van der Waals surface area (Å²) >= 11 is 0. The van der Waals surface area contributed by atoms with E-state index in [1.54, 1.807) is 6.92 Å². The number of methoxy groups -OCH3 is 1. The lowest BCUT2D eigenvalue weighted by atomic mass is 10.2. The largest absolute Gasteiger partial charge is 0.383 e. The Bertz CT molecular complexity index is 1480. The molecule has 2 aromatic heterocycles. The summed E-state index contributed by atoms with van der Waals surface area (Å²) in [4.78, 5) is 40.8. The number of ether oxygens (including phenoxy) is 1. The Kier molecular flexibility index (Phi) is 7.35. The highest BCUT2D eigenvalue weighted by atomic mass is 19.1. The van der Waals surface area contributed by atoms with Gasteiger partial charge in [0.1, 0.15) is 17.3 Å². The number of anilines is 2.